The first-order valence-electron chi connectivity index (χ1n) is 5.99. The van der Waals surface area contributed by atoms with Crippen LogP contribution in [0.3, 0.4) is 0 Å². The van der Waals surface area contributed by atoms with Gasteiger partial charge in [-0.15, -0.1) is 0 Å². The number of benzene rings is 1. The maximum Gasteiger partial charge on any atom is 0.308 e. The molecule has 0 aromatic heterocycles. The Balaban J connectivity index is 2.17. The number of aromatic hydroxyl groups is 1. The molecule has 1 saturated heterocycles. The molecule has 1 aromatic rings. The molecule has 1 aromatic carbocycles. The molecule has 102 valence electrons. The molecule has 0 unspecified atom stereocenters. The highest BCUT2D eigenvalue weighted by atomic mass is 79.9. The number of piperidine rings is 1. The Labute approximate surface area is 119 Å². The number of likely N-dealkylation sites (tertiary alicyclic amines) is 1. The lowest BCUT2D eigenvalue weighted by Gasteiger charge is -2.30. The SMILES string of the molecule is O=C(O)[C@@H]1CCCN(C(=O)c2ccc(Br)cc2O)C1. The molecule has 0 radical (unpaired) electrons. The van der Waals surface area contributed by atoms with Gasteiger partial charge in [-0.2, -0.15) is 0 Å². The van der Waals surface area contributed by atoms with Crippen LogP contribution in [0.4, 0.5) is 0 Å². The smallest absolute Gasteiger partial charge is 0.308 e. The molecule has 0 bridgehead atoms. The van der Waals surface area contributed by atoms with Crippen molar-refractivity contribution >= 4 is 27.8 Å². The van der Waals surface area contributed by atoms with Crippen LogP contribution >= 0.6 is 15.9 Å². The number of hydrogen-bond acceptors (Lipinski definition) is 3. The number of halogens is 1. The Morgan fingerprint density at radius 2 is 2.11 bits per heavy atom. The average molecular weight is 328 g/mol. The molecule has 1 amide bonds. The van der Waals surface area contributed by atoms with Gasteiger partial charge in [-0.1, -0.05) is 15.9 Å². The predicted octanol–water partition coefficient (Wildman–Crippen LogP) is 2.09. The van der Waals surface area contributed by atoms with Crippen LogP contribution in [-0.2, 0) is 4.79 Å². The van der Waals surface area contributed by atoms with E-state index >= 15 is 0 Å². The largest absolute Gasteiger partial charge is 0.507 e. The van der Waals surface area contributed by atoms with Gasteiger partial charge in [0.1, 0.15) is 5.75 Å². The zero-order valence-electron chi connectivity index (χ0n) is 10.2. The fourth-order valence-corrected chi connectivity index (χ4v) is 2.57. The Bertz CT molecular complexity index is 517. The highest BCUT2D eigenvalue weighted by molar-refractivity contribution is 9.10. The van der Waals surface area contributed by atoms with Crippen molar-refractivity contribution in [1.82, 2.24) is 4.90 Å². The highest BCUT2D eigenvalue weighted by Crippen LogP contribution is 2.25. The molecule has 1 aliphatic heterocycles. The first kappa shape index (κ1) is 13.9. The van der Waals surface area contributed by atoms with Crippen LogP contribution in [0.5, 0.6) is 5.75 Å². The van der Waals surface area contributed by atoms with Crippen molar-refractivity contribution in [2.24, 2.45) is 5.92 Å². The first-order chi connectivity index (χ1) is 8.99. The van der Waals surface area contributed by atoms with E-state index in [1.807, 2.05) is 0 Å². The molecule has 0 aliphatic carbocycles. The summed E-state index contributed by atoms with van der Waals surface area (Å²) in [4.78, 5) is 24.7. The summed E-state index contributed by atoms with van der Waals surface area (Å²) >= 11 is 3.21. The molecule has 0 saturated carbocycles. The number of carboxylic acids is 1. The molecular formula is C13H14BrNO4. The molecule has 2 N–H and O–H groups in total. The lowest BCUT2D eigenvalue weighted by molar-refractivity contribution is -0.143. The summed E-state index contributed by atoms with van der Waals surface area (Å²) in [6.45, 7) is 0.724. The molecule has 1 aliphatic rings. The third kappa shape index (κ3) is 3.07. The fraction of sp³-hybridized carbons (Fsp3) is 0.385. The molecule has 2 rings (SSSR count). The van der Waals surface area contributed by atoms with E-state index in [9.17, 15) is 14.7 Å². The van der Waals surface area contributed by atoms with Gasteiger partial charge < -0.3 is 15.1 Å². The van der Waals surface area contributed by atoms with Gasteiger partial charge in [0.2, 0.25) is 0 Å². The van der Waals surface area contributed by atoms with Gasteiger partial charge in [-0.3, -0.25) is 9.59 Å². The molecule has 5 nitrogen and oxygen atoms in total. The second-order valence-electron chi connectivity index (χ2n) is 4.59. The molecule has 1 atom stereocenters. The van der Waals surface area contributed by atoms with E-state index in [-0.39, 0.29) is 23.8 Å². The van der Waals surface area contributed by atoms with Gasteiger partial charge in [0.05, 0.1) is 11.5 Å². The summed E-state index contributed by atoms with van der Waals surface area (Å²) in [6, 6.07) is 4.66. The van der Waals surface area contributed by atoms with E-state index in [2.05, 4.69) is 15.9 Å². The minimum absolute atomic E-state index is 0.100. The number of nitrogens with zero attached hydrogens (tertiary/aromatic N) is 1. The second-order valence-corrected chi connectivity index (χ2v) is 5.51. The van der Waals surface area contributed by atoms with Crippen molar-refractivity contribution in [1.29, 1.82) is 0 Å². The van der Waals surface area contributed by atoms with E-state index in [4.69, 9.17) is 5.11 Å². The van der Waals surface area contributed by atoms with Crippen molar-refractivity contribution in [2.45, 2.75) is 12.8 Å². The Morgan fingerprint density at radius 1 is 1.37 bits per heavy atom. The molecule has 1 fully saturated rings. The first-order valence-corrected chi connectivity index (χ1v) is 6.79. The summed E-state index contributed by atoms with van der Waals surface area (Å²) in [5, 5.41) is 18.8. The summed E-state index contributed by atoms with van der Waals surface area (Å²) in [6.07, 6.45) is 1.26. The Hall–Kier alpha value is -1.56. The molecule has 6 heteroatoms. The summed E-state index contributed by atoms with van der Waals surface area (Å²) in [5.74, 6) is -1.82. The van der Waals surface area contributed by atoms with Gasteiger partial charge in [0.25, 0.3) is 5.91 Å². The lowest BCUT2D eigenvalue weighted by Crippen LogP contribution is -2.42. The number of aliphatic carboxylic acids is 1. The monoisotopic (exact) mass is 327 g/mol. The number of phenols is 1. The molecular weight excluding hydrogens is 314 g/mol. The fourth-order valence-electron chi connectivity index (χ4n) is 2.22. The van der Waals surface area contributed by atoms with Crippen molar-refractivity contribution in [2.75, 3.05) is 13.1 Å². The maximum atomic E-state index is 12.3. The zero-order chi connectivity index (χ0) is 14.0. The lowest BCUT2D eigenvalue weighted by atomic mass is 9.97. The number of hydrogen-bond donors (Lipinski definition) is 2. The van der Waals surface area contributed by atoms with Gasteiger partial charge >= 0.3 is 5.97 Å². The van der Waals surface area contributed by atoms with Crippen molar-refractivity contribution in [3.8, 4) is 5.75 Å². The van der Waals surface area contributed by atoms with Crippen LogP contribution < -0.4 is 0 Å². The van der Waals surface area contributed by atoms with Crippen LogP contribution in [0.1, 0.15) is 23.2 Å². The number of carboxylic acid groups (broad SMARTS) is 1. The molecule has 0 spiro atoms. The number of amides is 1. The third-order valence-corrected chi connectivity index (χ3v) is 3.74. The number of carbonyl (C=O) groups excluding carboxylic acids is 1. The van der Waals surface area contributed by atoms with E-state index < -0.39 is 11.9 Å². The average Bonchev–Trinajstić information content (AvgIpc) is 2.38. The molecule has 19 heavy (non-hydrogen) atoms. The van der Waals surface area contributed by atoms with Gasteiger partial charge in [0, 0.05) is 17.6 Å². The van der Waals surface area contributed by atoms with Crippen molar-refractivity contribution in [3.05, 3.63) is 28.2 Å². The van der Waals surface area contributed by atoms with Crippen LogP contribution in [0.15, 0.2) is 22.7 Å². The number of rotatable bonds is 2. The van der Waals surface area contributed by atoms with Gasteiger partial charge in [0.15, 0.2) is 0 Å². The van der Waals surface area contributed by atoms with E-state index in [1.54, 1.807) is 6.07 Å². The zero-order valence-corrected chi connectivity index (χ0v) is 11.8. The number of carbonyl (C=O) groups is 2. The van der Waals surface area contributed by atoms with Crippen LogP contribution in [0, 0.1) is 5.92 Å². The topological polar surface area (TPSA) is 77.8 Å². The van der Waals surface area contributed by atoms with Crippen molar-refractivity contribution in [3.63, 3.8) is 0 Å². The van der Waals surface area contributed by atoms with E-state index in [0.29, 0.717) is 23.9 Å². The van der Waals surface area contributed by atoms with Crippen molar-refractivity contribution < 1.29 is 19.8 Å². The third-order valence-electron chi connectivity index (χ3n) is 3.25. The van der Waals surface area contributed by atoms with Crippen LogP contribution in [0.25, 0.3) is 0 Å². The predicted molar refractivity (Wildman–Crippen MR) is 72.1 cm³/mol. The van der Waals surface area contributed by atoms with E-state index in [0.717, 1.165) is 0 Å². The Kier molecular flexibility index (Phi) is 4.09. The second kappa shape index (κ2) is 5.61. The maximum absolute atomic E-state index is 12.3. The summed E-state index contributed by atoms with van der Waals surface area (Å²) in [5.41, 5.74) is 0.203. The Morgan fingerprint density at radius 3 is 2.74 bits per heavy atom. The standard InChI is InChI=1S/C13H14BrNO4/c14-9-3-4-10(11(16)6-9)12(17)15-5-1-2-8(7-15)13(18)19/h3-4,6,8,16H,1-2,5,7H2,(H,18,19)/t8-/m1/s1. The summed E-state index contributed by atoms with van der Waals surface area (Å²) < 4.78 is 0.684. The highest BCUT2D eigenvalue weighted by Gasteiger charge is 2.29. The van der Waals surface area contributed by atoms with E-state index in [1.165, 1.54) is 17.0 Å². The summed E-state index contributed by atoms with van der Waals surface area (Å²) in [7, 11) is 0. The van der Waals surface area contributed by atoms with Crippen LogP contribution in [0.2, 0.25) is 0 Å². The normalized spacial score (nSPS) is 19.2. The van der Waals surface area contributed by atoms with Gasteiger partial charge in [-0.05, 0) is 31.0 Å². The number of phenolic OH excluding ortho intramolecular Hbond substituents is 1. The van der Waals surface area contributed by atoms with Gasteiger partial charge in [-0.25, -0.2) is 0 Å². The quantitative estimate of drug-likeness (QED) is 0.871. The van der Waals surface area contributed by atoms with Crippen LogP contribution in [-0.4, -0.2) is 40.1 Å². The molecule has 1 heterocycles. The minimum Gasteiger partial charge on any atom is -0.507 e. The minimum atomic E-state index is -0.877.